The summed E-state index contributed by atoms with van der Waals surface area (Å²) in [5.74, 6) is 0. The van der Waals surface area contributed by atoms with Gasteiger partial charge in [0.2, 0.25) is 0 Å². The van der Waals surface area contributed by atoms with E-state index >= 15 is 0 Å². The minimum atomic E-state index is 0.803. The number of aromatic nitrogens is 1. The van der Waals surface area contributed by atoms with Crippen molar-refractivity contribution in [1.82, 2.24) is 4.98 Å². The number of aryl methyl sites for hydroxylation is 2. The predicted molar refractivity (Wildman–Crippen MR) is 110 cm³/mol. The highest BCUT2D eigenvalue weighted by molar-refractivity contribution is 6.01. The van der Waals surface area contributed by atoms with Crippen molar-refractivity contribution in [2.24, 2.45) is 5.16 Å². The van der Waals surface area contributed by atoms with Gasteiger partial charge in [-0.1, -0.05) is 71.9 Å². The van der Waals surface area contributed by atoms with Crippen molar-refractivity contribution in [2.75, 3.05) is 0 Å². The van der Waals surface area contributed by atoms with E-state index in [4.69, 9.17) is 5.21 Å². The average molecular weight is 352 g/mol. The van der Waals surface area contributed by atoms with Crippen LogP contribution in [0.15, 0.2) is 90.2 Å². The van der Waals surface area contributed by atoms with Gasteiger partial charge in [-0.3, -0.25) is 4.98 Å². The Balaban J connectivity index is 1.86. The molecular formula is C24H20N2O. The lowest BCUT2D eigenvalue weighted by atomic mass is 9.91. The van der Waals surface area contributed by atoms with Crippen LogP contribution >= 0.6 is 0 Å². The minimum absolute atomic E-state index is 0.803. The van der Waals surface area contributed by atoms with Crippen molar-refractivity contribution in [2.45, 2.75) is 12.8 Å². The van der Waals surface area contributed by atoms with E-state index in [1.54, 1.807) is 6.20 Å². The number of rotatable bonds is 5. The normalized spacial score (nSPS) is 11.3. The van der Waals surface area contributed by atoms with Gasteiger partial charge < -0.3 is 5.21 Å². The summed E-state index contributed by atoms with van der Waals surface area (Å²) >= 11 is 0. The van der Waals surface area contributed by atoms with Gasteiger partial charge in [-0.15, -0.1) is 0 Å². The van der Waals surface area contributed by atoms with E-state index in [-0.39, 0.29) is 0 Å². The van der Waals surface area contributed by atoms with Crippen molar-refractivity contribution < 1.29 is 5.21 Å². The fourth-order valence-electron chi connectivity index (χ4n) is 3.52. The Labute approximate surface area is 158 Å². The number of hydrogen-bond donors (Lipinski definition) is 1. The molecule has 0 fully saturated rings. The Morgan fingerprint density at radius 2 is 1.63 bits per heavy atom. The lowest BCUT2D eigenvalue weighted by molar-refractivity contribution is 0.322. The summed E-state index contributed by atoms with van der Waals surface area (Å²) < 4.78 is 0. The summed E-state index contributed by atoms with van der Waals surface area (Å²) in [4.78, 5) is 4.63. The fraction of sp³-hybridized carbons (Fsp3) is 0.0833. The third-order valence-corrected chi connectivity index (χ3v) is 4.81. The van der Waals surface area contributed by atoms with Crippen LogP contribution in [0, 0.1) is 0 Å². The smallest absolute Gasteiger partial charge is 0.0799 e. The summed E-state index contributed by atoms with van der Waals surface area (Å²) in [7, 11) is 0. The van der Waals surface area contributed by atoms with Gasteiger partial charge in [0.1, 0.15) is 0 Å². The van der Waals surface area contributed by atoms with Crippen molar-refractivity contribution in [3.05, 3.63) is 102 Å². The lowest BCUT2D eigenvalue weighted by Crippen LogP contribution is -1.99. The van der Waals surface area contributed by atoms with Crippen LogP contribution in [0.3, 0.4) is 0 Å². The van der Waals surface area contributed by atoms with E-state index in [1.807, 2.05) is 24.3 Å². The van der Waals surface area contributed by atoms with E-state index in [0.29, 0.717) is 0 Å². The van der Waals surface area contributed by atoms with E-state index < -0.39 is 0 Å². The standard InChI is InChI=1S/C24H20N2O/c27-26-17-21-10-6-16-25-24(21)23-20(13-12-18-7-2-1-3-8-18)15-14-19-9-4-5-11-22(19)23/h1-11,14-17,27H,12-13H2. The van der Waals surface area contributed by atoms with Gasteiger partial charge in [-0.05, 0) is 46.9 Å². The molecule has 4 aromatic rings. The molecule has 0 bridgehead atoms. The Bertz CT molecular complexity index is 1090. The minimum Gasteiger partial charge on any atom is -0.411 e. The first-order valence-corrected chi connectivity index (χ1v) is 9.04. The van der Waals surface area contributed by atoms with Crippen LogP contribution in [-0.2, 0) is 12.8 Å². The topological polar surface area (TPSA) is 45.5 Å². The molecule has 0 saturated heterocycles. The van der Waals surface area contributed by atoms with Crippen molar-refractivity contribution in [3.63, 3.8) is 0 Å². The van der Waals surface area contributed by atoms with Gasteiger partial charge in [-0.2, -0.15) is 0 Å². The molecule has 3 heteroatoms. The molecule has 1 aromatic heterocycles. The zero-order chi connectivity index (χ0) is 18.5. The maximum Gasteiger partial charge on any atom is 0.0799 e. The van der Waals surface area contributed by atoms with Gasteiger partial charge in [0.15, 0.2) is 0 Å². The van der Waals surface area contributed by atoms with Gasteiger partial charge >= 0.3 is 0 Å². The van der Waals surface area contributed by atoms with Gasteiger partial charge in [0, 0.05) is 17.3 Å². The van der Waals surface area contributed by atoms with E-state index in [1.165, 1.54) is 22.7 Å². The molecule has 1 heterocycles. The highest BCUT2D eigenvalue weighted by Gasteiger charge is 2.14. The number of fused-ring (bicyclic) bond motifs is 1. The summed E-state index contributed by atoms with van der Waals surface area (Å²) in [5, 5.41) is 14.6. The second-order valence-corrected chi connectivity index (χ2v) is 6.49. The molecule has 0 saturated carbocycles. The number of pyridine rings is 1. The molecule has 0 spiro atoms. The molecule has 27 heavy (non-hydrogen) atoms. The quantitative estimate of drug-likeness (QED) is 0.293. The maximum atomic E-state index is 9.07. The summed E-state index contributed by atoms with van der Waals surface area (Å²) in [6.07, 6.45) is 5.11. The van der Waals surface area contributed by atoms with Crippen LogP contribution in [0.2, 0.25) is 0 Å². The molecule has 4 rings (SSSR count). The van der Waals surface area contributed by atoms with Crippen LogP contribution < -0.4 is 0 Å². The van der Waals surface area contributed by atoms with Crippen LogP contribution in [-0.4, -0.2) is 16.4 Å². The van der Waals surface area contributed by atoms with Crippen LogP contribution in [0.5, 0.6) is 0 Å². The number of benzene rings is 3. The molecule has 0 aliphatic carbocycles. The van der Waals surface area contributed by atoms with Gasteiger partial charge in [-0.25, -0.2) is 0 Å². The SMILES string of the molecule is ON=Cc1cccnc1-c1c(CCc2ccccc2)ccc2ccccc12. The lowest BCUT2D eigenvalue weighted by Gasteiger charge is -2.15. The van der Waals surface area contributed by atoms with Crippen molar-refractivity contribution in [1.29, 1.82) is 0 Å². The third-order valence-electron chi connectivity index (χ3n) is 4.81. The molecule has 0 aliphatic rings. The molecule has 0 amide bonds. The first kappa shape index (κ1) is 17.0. The molecule has 3 aromatic carbocycles. The Morgan fingerprint density at radius 3 is 2.48 bits per heavy atom. The highest BCUT2D eigenvalue weighted by Crippen LogP contribution is 2.33. The molecular weight excluding hydrogens is 332 g/mol. The van der Waals surface area contributed by atoms with E-state index in [9.17, 15) is 0 Å². The molecule has 3 nitrogen and oxygen atoms in total. The second-order valence-electron chi connectivity index (χ2n) is 6.49. The Hall–Kier alpha value is -3.46. The Morgan fingerprint density at radius 1 is 0.815 bits per heavy atom. The fourth-order valence-corrected chi connectivity index (χ4v) is 3.52. The first-order chi connectivity index (χ1) is 13.4. The predicted octanol–water partition coefficient (Wildman–Crippen LogP) is 5.50. The van der Waals surface area contributed by atoms with Crippen LogP contribution in [0.25, 0.3) is 22.0 Å². The number of nitrogens with zero attached hydrogens (tertiary/aromatic N) is 2. The molecule has 0 atom stereocenters. The molecule has 0 radical (unpaired) electrons. The van der Waals surface area contributed by atoms with Crippen molar-refractivity contribution >= 4 is 17.0 Å². The third kappa shape index (κ3) is 3.58. The second kappa shape index (κ2) is 7.83. The van der Waals surface area contributed by atoms with Gasteiger partial charge in [0.05, 0.1) is 11.9 Å². The highest BCUT2D eigenvalue weighted by atomic mass is 16.4. The molecule has 1 N–H and O–H groups in total. The monoisotopic (exact) mass is 352 g/mol. The number of hydrogen-bond acceptors (Lipinski definition) is 3. The van der Waals surface area contributed by atoms with E-state index in [2.05, 4.69) is 64.7 Å². The molecule has 0 unspecified atom stereocenters. The summed E-state index contributed by atoms with van der Waals surface area (Å²) in [6, 6.07) is 27.0. The van der Waals surface area contributed by atoms with Crippen molar-refractivity contribution in [3.8, 4) is 11.3 Å². The Kier molecular flexibility index (Phi) is 4.93. The number of oxime groups is 1. The molecule has 132 valence electrons. The summed E-state index contributed by atoms with van der Waals surface area (Å²) in [5.41, 5.74) is 5.31. The van der Waals surface area contributed by atoms with Crippen LogP contribution in [0.4, 0.5) is 0 Å². The zero-order valence-electron chi connectivity index (χ0n) is 14.9. The summed E-state index contributed by atoms with van der Waals surface area (Å²) in [6.45, 7) is 0. The average Bonchev–Trinajstić information content (AvgIpc) is 2.73. The van der Waals surface area contributed by atoms with E-state index in [0.717, 1.165) is 35.0 Å². The molecule has 0 aliphatic heterocycles. The van der Waals surface area contributed by atoms with Crippen LogP contribution in [0.1, 0.15) is 16.7 Å². The van der Waals surface area contributed by atoms with Gasteiger partial charge in [0.25, 0.3) is 0 Å². The zero-order valence-corrected chi connectivity index (χ0v) is 14.9. The first-order valence-electron chi connectivity index (χ1n) is 9.04. The largest absolute Gasteiger partial charge is 0.411 e. The maximum absolute atomic E-state index is 9.07.